The molecule has 0 spiro atoms. The van der Waals surface area contributed by atoms with Gasteiger partial charge in [0.25, 0.3) is 0 Å². The van der Waals surface area contributed by atoms with E-state index in [-0.39, 0.29) is 12.1 Å². The minimum absolute atomic E-state index is 0.160. The maximum Gasteiger partial charge on any atom is 0.0642 e. The summed E-state index contributed by atoms with van der Waals surface area (Å²) >= 11 is 0. The van der Waals surface area contributed by atoms with Crippen molar-refractivity contribution in [2.75, 3.05) is 26.9 Å². The zero-order valence-electron chi connectivity index (χ0n) is 11.6. The molecular weight excluding hydrogens is 226 g/mol. The van der Waals surface area contributed by atoms with Crippen LogP contribution >= 0.6 is 0 Å². The molecule has 0 radical (unpaired) electrons. The highest BCUT2D eigenvalue weighted by molar-refractivity contribution is 5.19. The number of nitrogens with one attached hydrogen (secondary N) is 1. The molecule has 0 aromatic heterocycles. The Morgan fingerprint density at radius 1 is 1.33 bits per heavy atom. The minimum Gasteiger partial charge on any atom is -0.396 e. The lowest BCUT2D eigenvalue weighted by molar-refractivity contribution is 0.0973. The third-order valence-corrected chi connectivity index (χ3v) is 3.33. The molecule has 1 rings (SSSR count). The number of ether oxygens (including phenoxy) is 1. The first-order valence-electron chi connectivity index (χ1n) is 6.51. The van der Waals surface area contributed by atoms with Crippen LogP contribution in [0, 0.1) is 0 Å². The number of aliphatic hydroxyl groups is 1. The molecule has 1 aromatic carbocycles. The lowest BCUT2D eigenvalue weighted by atomic mass is 9.96. The number of hydrogen-bond donors (Lipinski definition) is 2. The van der Waals surface area contributed by atoms with Crippen molar-refractivity contribution >= 4 is 0 Å². The van der Waals surface area contributed by atoms with Crippen molar-refractivity contribution in [3.63, 3.8) is 0 Å². The van der Waals surface area contributed by atoms with Crippen molar-refractivity contribution in [1.29, 1.82) is 0 Å². The van der Waals surface area contributed by atoms with Gasteiger partial charge in [-0.2, -0.15) is 0 Å². The van der Waals surface area contributed by atoms with Crippen molar-refractivity contribution in [1.82, 2.24) is 5.32 Å². The van der Waals surface area contributed by atoms with E-state index in [1.165, 1.54) is 5.56 Å². The molecule has 2 N–H and O–H groups in total. The summed E-state index contributed by atoms with van der Waals surface area (Å²) in [6.45, 7) is 5.95. The molecule has 0 amide bonds. The smallest absolute Gasteiger partial charge is 0.0642 e. The fraction of sp³-hybridized carbons (Fsp3) is 0.600. The average Bonchev–Trinajstić information content (AvgIpc) is 2.38. The number of rotatable bonds is 8. The van der Waals surface area contributed by atoms with E-state index in [0.717, 1.165) is 6.54 Å². The van der Waals surface area contributed by atoms with Crippen LogP contribution in [0.3, 0.4) is 0 Å². The number of methoxy groups -OCH3 is 1. The maximum atomic E-state index is 9.12. The van der Waals surface area contributed by atoms with E-state index >= 15 is 0 Å². The quantitative estimate of drug-likeness (QED) is 0.744. The predicted molar refractivity (Wildman–Crippen MR) is 74.8 cm³/mol. The van der Waals surface area contributed by atoms with Gasteiger partial charge < -0.3 is 15.2 Å². The summed E-state index contributed by atoms with van der Waals surface area (Å²) in [6, 6.07) is 10.4. The fourth-order valence-electron chi connectivity index (χ4n) is 2.08. The Morgan fingerprint density at radius 3 is 2.56 bits per heavy atom. The Kier molecular flexibility index (Phi) is 6.33. The molecule has 0 aliphatic rings. The van der Waals surface area contributed by atoms with Gasteiger partial charge in [-0.1, -0.05) is 37.3 Å². The average molecular weight is 251 g/mol. The van der Waals surface area contributed by atoms with E-state index in [1.54, 1.807) is 7.11 Å². The van der Waals surface area contributed by atoms with Crippen LogP contribution in [-0.2, 0) is 4.74 Å². The van der Waals surface area contributed by atoms with Gasteiger partial charge in [-0.3, -0.25) is 0 Å². The molecule has 1 aromatic rings. The standard InChI is InChI=1S/C15H25NO2/c1-13(14-7-5-4-6-8-14)11-16-15(2,9-10-17)12-18-3/h4-8,13,16-17H,9-12H2,1-3H3. The summed E-state index contributed by atoms with van der Waals surface area (Å²) in [5, 5.41) is 12.6. The molecule has 0 heterocycles. The monoisotopic (exact) mass is 251 g/mol. The lowest BCUT2D eigenvalue weighted by Gasteiger charge is -2.31. The number of benzene rings is 1. The molecule has 2 atom stereocenters. The van der Waals surface area contributed by atoms with E-state index in [4.69, 9.17) is 9.84 Å². The first-order valence-corrected chi connectivity index (χ1v) is 6.51. The first-order chi connectivity index (χ1) is 8.61. The molecule has 2 unspecified atom stereocenters. The highest BCUT2D eigenvalue weighted by Crippen LogP contribution is 2.16. The van der Waals surface area contributed by atoms with Gasteiger partial charge >= 0.3 is 0 Å². The molecule has 0 fully saturated rings. The second-order valence-electron chi connectivity index (χ2n) is 5.16. The molecule has 0 bridgehead atoms. The van der Waals surface area contributed by atoms with Gasteiger partial charge in [0.2, 0.25) is 0 Å². The van der Waals surface area contributed by atoms with Gasteiger partial charge in [0.15, 0.2) is 0 Å². The molecule has 18 heavy (non-hydrogen) atoms. The molecule has 0 saturated heterocycles. The van der Waals surface area contributed by atoms with Crippen LogP contribution in [0.5, 0.6) is 0 Å². The first kappa shape index (κ1) is 15.2. The van der Waals surface area contributed by atoms with Crippen molar-refractivity contribution < 1.29 is 9.84 Å². The normalized spacial score (nSPS) is 16.2. The molecule has 0 aliphatic carbocycles. The van der Waals surface area contributed by atoms with Crippen LogP contribution < -0.4 is 5.32 Å². The SMILES string of the molecule is COCC(C)(CCO)NCC(C)c1ccccc1. The lowest BCUT2D eigenvalue weighted by Crippen LogP contribution is -2.48. The Balaban J connectivity index is 2.52. The minimum atomic E-state index is -0.160. The third-order valence-electron chi connectivity index (χ3n) is 3.33. The summed E-state index contributed by atoms with van der Waals surface area (Å²) in [5.41, 5.74) is 1.17. The highest BCUT2D eigenvalue weighted by atomic mass is 16.5. The summed E-state index contributed by atoms with van der Waals surface area (Å²) in [5.74, 6) is 0.445. The van der Waals surface area contributed by atoms with Crippen LogP contribution in [0.15, 0.2) is 30.3 Å². The molecule has 0 saturated carbocycles. The van der Waals surface area contributed by atoms with Gasteiger partial charge in [-0.05, 0) is 24.8 Å². The molecule has 0 aliphatic heterocycles. The van der Waals surface area contributed by atoms with Crippen molar-refractivity contribution in [3.05, 3.63) is 35.9 Å². The molecule has 3 heteroatoms. The molecular formula is C15H25NO2. The summed E-state index contributed by atoms with van der Waals surface area (Å²) < 4.78 is 5.22. The Morgan fingerprint density at radius 2 is 2.00 bits per heavy atom. The van der Waals surface area contributed by atoms with Crippen LogP contribution in [0.2, 0.25) is 0 Å². The number of hydrogen-bond acceptors (Lipinski definition) is 3. The van der Waals surface area contributed by atoms with Gasteiger partial charge in [0.1, 0.15) is 0 Å². The van der Waals surface area contributed by atoms with E-state index < -0.39 is 0 Å². The van der Waals surface area contributed by atoms with Crippen molar-refractivity contribution in [2.24, 2.45) is 0 Å². The van der Waals surface area contributed by atoms with Gasteiger partial charge in [0, 0.05) is 25.8 Å². The van der Waals surface area contributed by atoms with E-state index in [0.29, 0.717) is 18.9 Å². The molecule has 3 nitrogen and oxygen atoms in total. The van der Waals surface area contributed by atoms with Crippen LogP contribution in [0.1, 0.15) is 31.7 Å². The maximum absolute atomic E-state index is 9.12. The van der Waals surface area contributed by atoms with Crippen molar-refractivity contribution in [3.8, 4) is 0 Å². The Bertz CT molecular complexity index is 321. The van der Waals surface area contributed by atoms with E-state index in [9.17, 15) is 0 Å². The molecule has 102 valence electrons. The van der Waals surface area contributed by atoms with E-state index in [1.807, 2.05) is 6.07 Å². The van der Waals surface area contributed by atoms with Crippen molar-refractivity contribution in [2.45, 2.75) is 31.7 Å². The summed E-state index contributed by atoms with van der Waals surface area (Å²) in [4.78, 5) is 0. The topological polar surface area (TPSA) is 41.5 Å². The zero-order chi connectivity index (χ0) is 13.4. The van der Waals surface area contributed by atoms with Gasteiger partial charge in [-0.15, -0.1) is 0 Å². The number of aliphatic hydroxyl groups excluding tert-OH is 1. The van der Waals surface area contributed by atoms with Crippen LogP contribution in [0.25, 0.3) is 0 Å². The van der Waals surface area contributed by atoms with Gasteiger partial charge in [0.05, 0.1) is 6.61 Å². The third kappa shape index (κ3) is 4.77. The largest absolute Gasteiger partial charge is 0.396 e. The summed E-state index contributed by atoms with van der Waals surface area (Å²) in [7, 11) is 1.69. The second kappa shape index (κ2) is 7.52. The summed E-state index contributed by atoms with van der Waals surface area (Å²) in [6.07, 6.45) is 0.697. The van der Waals surface area contributed by atoms with E-state index in [2.05, 4.69) is 43.4 Å². The van der Waals surface area contributed by atoms with Crippen LogP contribution in [0.4, 0.5) is 0 Å². The fourth-order valence-corrected chi connectivity index (χ4v) is 2.08. The Labute approximate surface area is 110 Å². The predicted octanol–water partition coefficient (Wildman–Crippen LogP) is 2.17. The highest BCUT2D eigenvalue weighted by Gasteiger charge is 2.23. The van der Waals surface area contributed by atoms with Crippen LogP contribution in [-0.4, -0.2) is 37.5 Å². The Hall–Kier alpha value is -0.900. The van der Waals surface area contributed by atoms with Gasteiger partial charge in [-0.25, -0.2) is 0 Å². The zero-order valence-corrected chi connectivity index (χ0v) is 11.6. The second-order valence-corrected chi connectivity index (χ2v) is 5.16.